The molecule has 0 aliphatic rings. The summed E-state index contributed by atoms with van der Waals surface area (Å²) < 4.78 is 0. The lowest BCUT2D eigenvalue weighted by Gasteiger charge is -2.25. The number of hydrogen-bond acceptors (Lipinski definition) is 3. The van der Waals surface area contributed by atoms with E-state index in [0.29, 0.717) is 32.7 Å². The van der Waals surface area contributed by atoms with Crippen LogP contribution in [0.1, 0.15) is 13.8 Å². The largest absolute Gasteiger partial charge is 0.395 e. The van der Waals surface area contributed by atoms with Gasteiger partial charge in [-0.25, -0.2) is 0 Å². The van der Waals surface area contributed by atoms with Crippen LogP contribution in [0.15, 0.2) is 24.8 Å². The third-order valence-electron chi connectivity index (χ3n) is 2.36. The lowest BCUT2D eigenvalue weighted by molar-refractivity contribution is -0.131. The fraction of sp³-hybridized carbons (Fsp3) is 0.615. The number of hydrogen-bond donors (Lipinski definition) is 1. The first kappa shape index (κ1) is 15.9. The van der Waals surface area contributed by atoms with Crippen molar-refractivity contribution in [3.05, 3.63) is 24.8 Å². The molecule has 0 spiro atoms. The van der Waals surface area contributed by atoms with E-state index >= 15 is 0 Å². The molecule has 0 aromatic carbocycles. The zero-order valence-electron chi connectivity index (χ0n) is 11.0. The van der Waals surface area contributed by atoms with Crippen molar-refractivity contribution in [2.75, 3.05) is 39.3 Å². The summed E-state index contributed by atoms with van der Waals surface area (Å²) >= 11 is 0. The molecule has 0 radical (unpaired) electrons. The summed E-state index contributed by atoms with van der Waals surface area (Å²) in [4.78, 5) is 15.6. The summed E-state index contributed by atoms with van der Waals surface area (Å²) in [5, 5.41) is 8.90. The second kappa shape index (κ2) is 8.96. The summed E-state index contributed by atoms with van der Waals surface area (Å²) in [5.74, 6) is 0.0609. The Balaban J connectivity index is 4.34. The molecule has 0 aromatic heterocycles. The van der Waals surface area contributed by atoms with Crippen molar-refractivity contribution in [1.29, 1.82) is 0 Å². The third kappa shape index (κ3) is 6.92. The summed E-state index contributed by atoms with van der Waals surface area (Å²) in [6, 6.07) is 0. The fourth-order valence-corrected chi connectivity index (χ4v) is 1.55. The van der Waals surface area contributed by atoms with Crippen LogP contribution in [-0.2, 0) is 4.79 Å². The first-order valence-corrected chi connectivity index (χ1v) is 5.91. The van der Waals surface area contributed by atoms with Crippen LogP contribution in [0, 0.1) is 0 Å². The molecule has 0 saturated carbocycles. The van der Waals surface area contributed by atoms with E-state index in [0.717, 1.165) is 5.57 Å². The second-order valence-corrected chi connectivity index (χ2v) is 4.11. The zero-order valence-corrected chi connectivity index (χ0v) is 11.0. The van der Waals surface area contributed by atoms with Crippen LogP contribution in [0.5, 0.6) is 0 Å². The molecule has 0 saturated heterocycles. The predicted molar refractivity (Wildman–Crippen MR) is 70.8 cm³/mol. The monoisotopic (exact) mass is 240 g/mol. The van der Waals surface area contributed by atoms with E-state index in [1.807, 2.05) is 18.7 Å². The minimum atomic E-state index is 0.0493. The molecule has 4 nitrogen and oxygen atoms in total. The molecule has 1 N–H and O–H groups in total. The molecular weight excluding hydrogens is 216 g/mol. The topological polar surface area (TPSA) is 43.8 Å². The SMILES string of the molecule is C=CCN(CCO)CC(=O)N(CC)CC(=C)C. The van der Waals surface area contributed by atoms with Gasteiger partial charge >= 0.3 is 0 Å². The van der Waals surface area contributed by atoms with Crippen molar-refractivity contribution in [2.24, 2.45) is 0 Å². The zero-order chi connectivity index (χ0) is 13.3. The lowest BCUT2D eigenvalue weighted by Crippen LogP contribution is -2.42. The van der Waals surface area contributed by atoms with Crippen molar-refractivity contribution in [3.8, 4) is 0 Å². The van der Waals surface area contributed by atoms with Crippen LogP contribution in [0.4, 0.5) is 0 Å². The van der Waals surface area contributed by atoms with Gasteiger partial charge in [0.05, 0.1) is 13.2 Å². The van der Waals surface area contributed by atoms with Crippen LogP contribution < -0.4 is 0 Å². The van der Waals surface area contributed by atoms with Gasteiger partial charge in [-0.15, -0.1) is 6.58 Å². The van der Waals surface area contributed by atoms with E-state index in [1.165, 1.54) is 0 Å². The van der Waals surface area contributed by atoms with Crippen LogP contribution in [0.2, 0.25) is 0 Å². The van der Waals surface area contributed by atoms with Gasteiger partial charge < -0.3 is 10.0 Å². The fourth-order valence-electron chi connectivity index (χ4n) is 1.55. The van der Waals surface area contributed by atoms with E-state index in [1.54, 1.807) is 11.0 Å². The number of rotatable bonds is 9. The Kier molecular flexibility index (Phi) is 8.36. The van der Waals surface area contributed by atoms with Crippen molar-refractivity contribution >= 4 is 5.91 Å². The average Bonchev–Trinajstić information content (AvgIpc) is 2.26. The van der Waals surface area contributed by atoms with Crippen LogP contribution >= 0.6 is 0 Å². The van der Waals surface area contributed by atoms with E-state index in [2.05, 4.69) is 13.2 Å². The molecule has 17 heavy (non-hydrogen) atoms. The van der Waals surface area contributed by atoms with Gasteiger partial charge in [-0.05, 0) is 13.8 Å². The maximum Gasteiger partial charge on any atom is 0.237 e. The molecule has 0 fully saturated rings. The van der Waals surface area contributed by atoms with Crippen LogP contribution in [0.3, 0.4) is 0 Å². The standard InChI is InChI=1S/C13H24N2O2/c1-5-7-14(8-9-16)11-13(17)15(6-2)10-12(3)4/h5,16H,1,3,6-11H2,2,4H3. The Bertz CT molecular complexity index is 264. The van der Waals surface area contributed by atoms with E-state index in [9.17, 15) is 4.79 Å². The Morgan fingerprint density at radius 1 is 1.41 bits per heavy atom. The molecule has 0 rings (SSSR count). The molecule has 4 heteroatoms. The van der Waals surface area contributed by atoms with Crippen molar-refractivity contribution in [1.82, 2.24) is 9.80 Å². The Morgan fingerprint density at radius 2 is 2.06 bits per heavy atom. The molecule has 0 unspecified atom stereocenters. The number of nitrogens with zero attached hydrogens (tertiary/aromatic N) is 2. The molecule has 1 amide bonds. The quantitative estimate of drug-likeness (QED) is 0.609. The molecule has 98 valence electrons. The predicted octanol–water partition coefficient (Wildman–Crippen LogP) is 0.891. The maximum absolute atomic E-state index is 12.0. The van der Waals surface area contributed by atoms with Gasteiger partial charge in [-0.2, -0.15) is 0 Å². The number of carbonyl (C=O) groups excluding carboxylic acids is 1. The summed E-state index contributed by atoms with van der Waals surface area (Å²) in [6.45, 7) is 14.0. The molecule has 0 bridgehead atoms. The van der Waals surface area contributed by atoms with Gasteiger partial charge in [0.15, 0.2) is 0 Å². The molecule has 0 atom stereocenters. The Hall–Kier alpha value is -1.13. The highest BCUT2D eigenvalue weighted by molar-refractivity contribution is 5.78. The number of likely N-dealkylation sites (N-methyl/N-ethyl adjacent to an activating group) is 1. The number of aliphatic hydroxyl groups excluding tert-OH is 1. The van der Waals surface area contributed by atoms with Gasteiger partial charge in [0, 0.05) is 26.2 Å². The van der Waals surface area contributed by atoms with Crippen molar-refractivity contribution in [3.63, 3.8) is 0 Å². The van der Waals surface area contributed by atoms with Crippen molar-refractivity contribution < 1.29 is 9.90 Å². The van der Waals surface area contributed by atoms with Crippen LogP contribution in [-0.4, -0.2) is 60.1 Å². The van der Waals surface area contributed by atoms with Crippen LogP contribution in [0.25, 0.3) is 0 Å². The molecular formula is C13H24N2O2. The molecule has 0 aliphatic heterocycles. The third-order valence-corrected chi connectivity index (χ3v) is 2.36. The maximum atomic E-state index is 12.0. The second-order valence-electron chi connectivity index (χ2n) is 4.11. The highest BCUT2D eigenvalue weighted by Crippen LogP contribution is 1.99. The first-order chi connectivity index (χ1) is 8.04. The smallest absolute Gasteiger partial charge is 0.237 e. The number of carbonyl (C=O) groups is 1. The van der Waals surface area contributed by atoms with Gasteiger partial charge in [0.25, 0.3) is 0 Å². The average molecular weight is 240 g/mol. The van der Waals surface area contributed by atoms with Gasteiger partial charge in [0.2, 0.25) is 5.91 Å². The van der Waals surface area contributed by atoms with Gasteiger partial charge in [0.1, 0.15) is 0 Å². The number of aliphatic hydroxyl groups is 1. The molecule has 0 heterocycles. The van der Waals surface area contributed by atoms with Gasteiger partial charge in [-0.3, -0.25) is 9.69 Å². The Morgan fingerprint density at radius 3 is 2.47 bits per heavy atom. The highest BCUT2D eigenvalue weighted by atomic mass is 16.3. The lowest BCUT2D eigenvalue weighted by atomic mass is 10.3. The summed E-state index contributed by atoms with van der Waals surface area (Å²) in [6.07, 6.45) is 1.73. The minimum Gasteiger partial charge on any atom is -0.395 e. The van der Waals surface area contributed by atoms with E-state index < -0.39 is 0 Å². The van der Waals surface area contributed by atoms with E-state index in [4.69, 9.17) is 5.11 Å². The number of amides is 1. The summed E-state index contributed by atoms with van der Waals surface area (Å²) in [7, 11) is 0. The van der Waals surface area contributed by atoms with Gasteiger partial charge in [-0.1, -0.05) is 18.2 Å². The van der Waals surface area contributed by atoms with E-state index in [-0.39, 0.29) is 12.5 Å². The normalized spacial score (nSPS) is 10.4. The molecule has 0 aromatic rings. The summed E-state index contributed by atoms with van der Waals surface area (Å²) in [5.41, 5.74) is 0.970. The van der Waals surface area contributed by atoms with Crippen molar-refractivity contribution in [2.45, 2.75) is 13.8 Å². The Labute approximate surface area is 104 Å². The minimum absolute atomic E-state index is 0.0493. The molecule has 0 aliphatic carbocycles. The highest BCUT2D eigenvalue weighted by Gasteiger charge is 2.15. The first-order valence-electron chi connectivity index (χ1n) is 5.91.